The van der Waals surface area contributed by atoms with Gasteiger partial charge in [-0.3, -0.25) is 9.59 Å². The molecule has 0 aliphatic carbocycles. The quantitative estimate of drug-likeness (QED) is 0.603. The molecule has 0 bridgehead atoms. The number of aromatic amines is 1. The molecule has 0 radical (unpaired) electrons. The molecule has 0 fully saturated rings. The number of thiazole rings is 1. The van der Waals surface area contributed by atoms with Crippen LogP contribution in [0.4, 0.5) is 5.13 Å². The largest absolute Gasteiger partial charge is 0.454 e. The van der Waals surface area contributed by atoms with Crippen LogP contribution in [0.1, 0.15) is 22.5 Å². The molecule has 1 aromatic carbocycles. The highest BCUT2D eigenvalue weighted by molar-refractivity contribution is 7.14. The molecule has 138 valence electrons. The van der Waals surface area contributed by atoms with Crippen molar-refractivity contribution in [3.8, 4) is 22.8 Å². The minimum absolute atomic E-state index is 0.125. The van der Waals surface area contributed by atoms with E-state index < -0.39 is 5.91 Å². The summed E-state index contributed by atoms with van der Waals surface area (Å²) in [5, 5.41) is 5.10. The summed E-state index contributed by atoms with van der Waals surface area (Å²) in [5.41, 5.74) is 7.94. The number of amides is 2. The van der Waals surface area contributed by atoms with E-state index in [0.29, 0.717) is 35.1 Å². The third-order valence-electron chi connectivity index (χ3n) is 4.07. The number of benzene rings is 1. The van der Waals surface area contributed by atoms with Crippen molar-refractivity contribution in [2.75, 3.05) is 12.1 Å². The van der Waals surface area contributed by atoms with Crippen molar-refractivity contribution >= 4 is 28.3 Å². The number of nitrogens with zero attached hydrogens (tertiary/aromatic N) is 1. The van der Waals surface area contributed by atoms with E-state index in [9.17, 15) is 9.59 Å². The summed E-state index contributed by atoms with van der Waals surface area (Å²) in [4.78, 5) is 30.5. The van der Waals surface area contributed by atoms with Gasteiger partial charge in [0.05, 0.1) is 5.69 Å². The van der Waals surface area contributed by atoms with Crippen LogP contribution in [0.3, 0.4) is 0 Å². The van der Waals surface area contributed by atoms with E-state index >= 15 is 0 Å². The Morgan fingerprint density at radius 3 is 2.93 bits per heavy atom. The van der Waals surface area contributed by atoms with Crippen molar-refractivity contribution in [2.24, 2.45) is 5.73 Å². The maximum atomic E-state index is 12.2. The number of aryl methyl sites for hydroxylation is 1. The van der Waals surface area contributed by atoms with Gasteiger partial charge >= 0.3 is 0 Å². The molecule has 4 N–H and O–H groups in total. The summed E-state index contributed by atoms with van der Waals surface area (Å²) < 4.78 is 10.6. The van der Waals surface area contributed by atoms with Gasteiger partial charge in [0.25, 0.3) is 5.91 Å². The smallest absolute Gasteiger partial charge is 0.265 e. The summed E-state index contributed by atoms with van der Waals surface area (Å²) in [7, 11) is 0. The molecule has 0 saturated carbocycles. The van der Waals surface area contributed by atoms with Crippen LogP contribution in [0.15, 0.2) is 35.8 Å². The number of hydrogen-bond acceptors (Lipinski definition) is 6. The minimum atomic E-state index is -0.534. The standard InChI is InChI=1S/C18H16N4O4S/c19-17(24)12-6-11(7-20-12)13-8-27-18(21-13)22-16(23)4-2-10-1-3-14-15(5-10)26-9-25-14/h1,3,5-8,20H,2,4,9H2,(H2,19,24)(H,21,22,23). The first kappa shape index (κ1) is 17.1. The summed E-state index contributed by atoms with van der Waals surface area (Å²) in [6, 6.07) is 7.28. The highest BCUT2D eigenvalue weighted by Crippen LogP contribution is 2.32. The van der Waals surface area contributed by atoms with Gasteiger partial charge in [0, 0.05) is 23.6 Å². The third-order valence-corrected chi connectivity index (χ3v) is 4.83. The molecule has 3 aromatic rings. The monoisotopic (exact) mass is 384 g/mol. The lowest BCUT2D eigenvalue weighted by molar-refractivity contribution is -0.116. The van der Waals surface area contributed by atoms with Gasteiger partial charge in [0.1, 0.15) is 5.69 Å². The van der Waals surface area contributed by atoms with Crippen LogP contribution in [0, 0.1) is 0 Å². The molecule has 4 rings (SSSR count). The lowest BCUT2D eigenvalue weighted by Crippen LogP contribution is -2.12. The van der Waals surface area contributed by atoms with Crippen LogP contribution < -0.4 is 20.5 Å². The maximum absolute atomic E-state index is 12.2. The molecule has 2 amide bonds. The van der Waals surface area contributed by atoms with Gasteiger partial charge in [0.2, 0.25) is 12.7 Å². The van der Waals surface area contributed by atoms with Crippen LogP contribution in [0.5, 0.6) is 11.5 Å². The number of carbonyl (C=O) groups excluding carboxylic acids is 2. The summed E-state index contributed by atoms with van der Waals surface area (Å²) in [6.07, 6.45) is 2.56. The molecule has 0 atom stereocenters. The molecule has 27 heavy (non-hydrogen) atoms. The van der Waals surface area contributed by atoms with Gasteiger partial charge in [-0.1, -0.05) is 6.07 Å². The Balaban J connectivity index is 1.34. The number of aromatic nitrogens is 2. The molecule has 1 aliphatic rings. The van der Waals surface area contributed by atoms with E-state index in [4.69, 9.17) is 15.2 Å². The van der Waals surface area contributed by atoms with E-state index in [0.717, 1.165) is 16.9 Å². The molecule has 0 spiro atoms. The Morgan fingerprint density at radius 1 is 1.26 bits per heavy atom. The average Bonchev–Trinajstić information content (AvgIpc) is 3.39. The fourth-order valence-electron chi connectivity index (χ4n) is 2.68. The van der Waals surface area contributed by atoms with Gasteiger partial charge in [0.15, 0.2) is 16.6 Å². The van der Waals surface area contributed by atoms with Crippen molar-refractivity contribution in [1.29, 1.82) is 0 Å². The van der Waals surface area contributed by atoms with Crippen LogP contribution in [0.25, 0.3) is 11.3 Å². The normalized spacial score (nSPS) is 12.1. The van der Waals surface area contributed by atoms with E-state index in [1.165, 1.54) is 11.3 Å². The number of nitrogens with one attached hydrogen (secondary N) is 2. The van der Waals surface area contributed by atoms with Gasteiger partial charge in [-0.2, -0.15) is 0 Å². The molecular weight excluding hydrogens is 368 g/mol. The predicted molar refractivity (Wildman–Crippen MR) is 99.9 cm³/mol. The first-order valence-corrected chi connectivity index (χ1v) is 9.09. The Bertz CT molecular complexity index is 1010. The van der Waals surface area contributed by atoms with E-state index in [1.54, 1.807) is 17.6 Å². The summed E-state index contributed by atoms with van der Waals surface area (Å²) >= 11 is 1.32. The van der Waals surface area contributed by atoms with Crippen molar-refractivity contribution in [1.82, 2.24) is 9.97 Å². The molecule has 0 saturated heterocycles. The first-order valence-electron chi connectivity index (χ1n) is 8.21. The molecule has 3 heterocycles. The number of hydrogen-bond donors (Lipinski definition) is 3. The third kappa shape index (κ3) is 3.77. The second kappa shape index (κ2) is 7.12. The zero-order valence-electron chi connectivity index (χ0n) is 14.2. The molecule has 0 unspecified atom stereocenters. The fraction of sp³-hybridized carbons (Fsp3) is 0.167. The van der Waals surface area contributed by atoms with E-state index in [-0.39, 0.29) is 12.7 Å². The number of anilines is 1. The first-order chi connectivity index (χ1) is 13.1. The van der Waals surface area contributed by atoms with Gasteiger partial charge < -0.3 is 25.5 Å². The molecule has 2 aromatic heterocycles. The number of fused-ring (bicyclic) bond motifs is 1. The van der Waals surface area contributed by atoms with Crippen LogP contribution >= 0.6 is 11.3 Å². The second-order valence-electron chi connectivity index (χ2n) is 5.94. The van der Waals surface area contributed by atoms with Crippen LogP contribution in [0.2, 0.25) is 0 Å². The zero-order chi connectivity index (χ0) is 18.8. The number of primary amides is 1. The Kier molecular flexibility index (Phi) is 4.51. The lowest BCUT2D eigenvalue weighted by Gasteiger charge is -2.03. The maximum Gasteiger partial charge on any atom is 0.265 e. The Morgan fingerprint density at radius 2 is 2.11 bits per heavy atom. The summed E-state index contributed by atoms with van der Waals surface area (Å²) in [5.74, 6) is 0.774. The summed E-state index contributed by atoms with van der Waals surface area (Å²) in [6.45, 7) is 0.230. The Labute approximate surface area is 158 Å². The molecule has 8 nitrogen and oxygen atoms in total. The number of rotatable bonds is 6. The molecular formula is C18H16N4O4S. The number of carbonyl (C=O) groups is 2. The van der Waals surface area contributed by atoms with Gasteiger partial charge in [-0.05, 0) is 30.2 Å². The molecule has 1 aliphatic heterocycles. The SMILES string of the molecule is NC(=O)c1cc(-c2csc(NC(=O)CCc3ccc4c(c3)OCO4)n2)c[nH]1. The highest BCUT2D eigenvalue weighted by atomic mass is 32.1. The highest BCUT2D eigenvalue weighted by Gasteiger charge is 2.14. The second-order valence-corrected chi connectivity index (χ2v) is 6.80. The van der Waals surface area contributed by atoms with E-state index in [2.05, 4.69) is 15.3 Å². The average molecular weight is 384 g/mol. The number of nitrogens with two attached hydrogens (primary N) is 1. The van der Waals surface area contributed by atoms with E-state index in [1.807, 2.05) is 18.2 Å². The minimum Gasteiger partial charge on any atom is -0.454 e. The fourth-order valence-corrected chi connectivity index (χ4v) is 3.42. The van der Waals surface area contributed by atoms with Gasteiger partial charge in [-0.15, -0.1) is 11.3 Å². The van der Waals surface area contributed by atoms with Crippen molar-refractivity contribution < 1.29 is 19.1 Å². The number of ether oxygens (including phenoxy) is 2. The Hall–Kier alpha value is -3.33. The predicted octanol–water partition coefficient (Wildman–Crippen LogP) is 2.54. The van der Waals surface area contributed by atoms with Crippen LogP contribution in [-0.2, 0) is 11.2 Å². The van der Waals surface area contributed by atoms with Crippen LogP contribution in [-0.4, -0.2) is 28.6 Å². The topological polar surface area (TPSA) is 119 Å². The van der Waals surface area contributed by atoms with Crippen molar-refractivity contribution in [3.63, 3.8) is 0 Å². The zero-order valence-corrected chi connectivity index (χ0v) is 15.0. The van der Waals surface area contributed by atoms with Gasteiger partial charge in [-0.25, -0.2) is 4.98 Å². The lowest BCUT2D eigenvalue weighted by atomic mass is 10.1. The molecule has 9 heteroatoms. The van der Waals surface area contributed by atoms with Crippen molar-refractivity contribution in [3.05, 3.63) is 47.1 Å². The van der Waals surface area contributed by atoms with Crippen molar-refractivity contribution in [2.45, 2.75) is 12.8 Å². The number of H-pyrrole nitrogens is 1.